The first-order chi connectivity index (χ1) is 12.8. The van der Waals surface area contributed by atoms with Gasteiger partial charge in [0.25, 0.3) is 0 Å². The molecule has 2 aliphatic heterocycles. The molecule has 0 aliphatic carbocycles. The molecule has 0 bridgehead atoms. The van der Waals surface area contributed by atoms with Crippen molar-refractivity contribution < 1.29 is 4.79 Å². The monoisotopic (exact) mass is 343 g/mol. The van der Waals surface area contributed by atoms with Crippen LogP contribution >= 0.6 is 0 Å². The van der Waals surface area contributed by atoms with Crippen LogP contribution < -0.4 is 10.2 Å². The maximum absolute atomic E-state index is 12.5. The third-order valence-electron chi connectivity index (χ3n) is 5.51. The second kappa shape index (κ2) is 6.06. The maximum atomic E-state index is 12.5. The molecule has 0 saturated carbocycles. The van der Waals surface area contributed by atoms with Crippen molar-refractivity contribution in [3.8, 4) is 0 Å². The summed E-state index contributed by atoms with van der Waals surface area (Å²) in [5.41, 5.74) is 3.61. The number of para-hydroxylation sites is 1. The molecule has 3 aromatic carbocycles. The van der Waals surface area contributed by atoms with E-state index in [-0.39, 0.29) is 6.03 Å². The van der Waals surface area contributed by atoms with Crippen LogP contribution in [0.2, 0.25) is 0 Å². The number of carbonyl (C=O) groups is 1. The number of carbonyl (C=O) groups excluding carboxylic acids is 1. The Morgan fingerprint density at radius 3 is 2.58 bits per heavy atom. The quantitative estimate of drug-likeness (QED) is 0.760. The van der Waals surface area contributed by atoms with Crippen LogP contribution in [0.3, 0.4) is 0 Å². The van der Waals surface area contributed by atoms with Crippen molar-refractivity contribution in [1.82, 2.24) is 4.90 Å². The van der Waals surface area contributed by atoms with Gasteiger partial charge >= 0.3 is 6.03 Å². The summed E-state index contributed by atoms with van der Waals surface area (Å²) in [5.74, 6) is 0. The predicted octanol–water partition coefficient (Wildman–Crippen LogP) is 4.12. The highest BCUT2D eigenvalue weighted by molar-refractivity contribution is 5.94. The van der Waals surface area contributed by atoms with Crippen LogP contribution in [0.25, 0.3) is 10.8 Å². The average Bonchev–Trinajstić information content (AvgIpc) is 3.04. The summed E-state index contributed by atoms with van der Waals surface area (Å²) < 4.78 is 0. The zero-order chi connectivity index (χ0) is 17.5. The van der Waals surface area contributed by atoms with E-state index < -0.39 is 0 Å². The predicted molar refractivity (Wildman–Crippen MR) is 106 cm³/mol. The lowest BCUT2D eigenvalue weighted by Crippen LogP contribution is -2.61. The molecule has 0 radical (unpaired) electrons. The lowest BCUT2D eigenvalue weighted by molar-refractivity contribution is 0.162. The fourth-order valence-electron chi connectivity index (χ4n) is 4.03. The fraction of sp³-hybridized carbons (Fsp3) is 0.227. The summed E-state index contributed by atoms with van der Waals surface area (Å²) >= 11 is 0. The van der Waals surface area contributed by atoms with Crippen LogP contribution in [0.4, 0.5) is 16.2 Å². The highest BCUT2D eigenvalue weighted by atomic mass is 16.2. The number of likely N-dealkylation sites (tertiary alicyclic amines) is 1. The third-order valence-corrected chi connectivity index (χ3v) is 5.51. The number of anilines is 2. The van der Waals surface area contributed by atoms with Gasteiger partial charge in [-0.05, 0) is 41.0 Å². The Kier molecular flexibility index (Phi) is 3.56. The molecular formula is C22H21N3O. The maximum Gasteiger partial charge on any atom is 0.321 e. The SMILES string of the molecule is O=C(Nc1ccc2ccccc2c1)N1CC(N2CCc3ccccc32)C1. The van der Waals surface area contributed by atoms with Crippen LogP contribution in [0.15, 0.2) is 66.7 Å². The van der Waals surface area contributed by atoms with Gasteiger partial charge in [0.2, 0.25) is 0 Å². The Morgan fingerprint density at radius 1 is 0.923 bits per heavy atom. The number of rotatable bonds is 2. The fourth-order valence-corrected chi connectivity index (χ4v) is 4.03. The van der Waals surface area contributed by atoms with Gasteiger partial charge in [0, 0.05) is 31.0 Å². The molecule has 26 heavy (non-hydrogen) atoms. The van der Waals surface area contributed by atoms with E-state index in [1.54, 1.807) is 0 Å². The van der Waals surface area contributed by atoms with E-state index in [9.17, 15) is 4.79 Å². The van der Waals surface area contributed by atoms with Crippen molar-refractivity contribution in [3.05, 3.63) is 72.3 Å². The van der Waals surface area contributed by atoms with Gasteiger partial charge < -0.3 is 15.1 Å². The zero-order valence-electron chi connectivity index (χ0n) is 14.6. The average molecular weight is 343 g/mol. The van der Waals surface area contributed by atoms with Gasteiger partial charge in [0.05, 0.1) is 6.04 Å². The van der Waals surface area contributed by atoms with Crippen LogP contribution in [0.1, 0.15) is 5.56 Å². The molecule has 130 valence electrons. The first-order valence-corrected chi connectivity index (χ1v) is 9.17. The van der Waals surface area contributed by atoms with Gasteiger partial charge in [0.1, 0.15) is 0 Å². The van der Waals surface area contributed by atoms with Crippen molar-refractivity contribution in [2.24, 2.45) is 0 Å². The summed E-state index contributed by atoms with van der Waals surface area (Å²) in [5, 5.41) is 5.36. The molecular weight excluding hydrogens is 322 g/mol. The van der Waals surface area contributed by atoms with Crippen LogP contribution in [-0.4, -0.2) is 36.6 Å². The van der Waals surface area contributed by atoms with Crippen molar-refractivity contribution in [2.75, 3.05) is 29.9 Å². The number of urea groups is 1. The second-order valence-electron chi connectivity index (χ2n) is 7.12. The van der Waals surface area contributed by atoms with E-state index in [1.165, 1.54) is 16.6 Å². The minimum atomic E-state index is -0.0102. The van der Waals surface area contributed by atoms with Gasteiger partial charge in [-0.3, -0.25) is 0 Å². The molecule has 2 aliphatic rings. The van der Waals surface area contributed by atoms with E-state index in [4.69, 9.17) is 0 Å². The molecule has 0 aromatic heterocycles. The molecule has 0 atom stereocenters. The molecule has 3 aromatic rings. The Bertz CT molecular complexity index is 978. The van der Waals surface area contributed by atoms with Gasteiger partial charge in [0.15, 0.2) is 0 Å². The van der Waals surface area contributed by atoms with E-state index in [0.717, 1.165) is 37.1 Å². The van der Waals surface area contributed by atoms with E-state index in [2.05, 4.69) is 46.6 Å². The van der Waals surface area contributed by atoms with Crippen molar-refractivity contribution >= 4 is 28.2 Å². The van der Waals surface area contributed by atoms with E-state index in [0.29, 0.717) is 6.04 Å². The number of hydrogen-bond donors (Lipinski definition) is 1. The number of fused-ring (bicyclic) bond motifs is 2. The summed E-state index contributed by atoms with van der Waals surface area (Å²) in [6.07, 6.45) is 1.11. The molecule has 2 amide bonds. The first kappa shape index (κ1) is 15.3. The first-order valence-electron chi connectivity index (χ1n) is 9.17. The molecule has 1 N–H and O–H groups in total. The largest absolute Gasteiger partial charge is 0.364 e. The van der Waals surface area contributed by atoms with E-state index in [1.807, 2.05) is 35.2 Å². The highest BCUT2D eigenvalue weighted by Crippen LogP contribution is 2.32. The summed E-state index contributed by atoms with van der Waals surface area (Å²) in [7, 11) is 0. The number of hydrogen-bond acceptors (Lipinski definition) is 2. The topological polar surface area (TPSA) is 35.6 Å². The molecule has 0 spiro atoms. The highest BCUT2D eigenvalue weighted by Gasteiger charge is 2.37. The summed E-state index contributed by atoms with van der Waals surface area (Å²) in [6.45, 7) is 2.63. The molecule has 0 unspecified atom stereocenters. The lowest BCUT2D eigenvalue weighted by Gasteiger charge is -2.45. The molecule has 5 rings (SSSR count). The third kappa shape index (κ3) is 2.58. The normalized spacial score (nSPS) is 16.5. The summed E-state index contributed by atoms with van der Waals surface area (Å²) in [4.78, 5) is 16.9. The molecule has 1 saturated heterocycles. The van der Waals surface area contributed by atoms with Crippen molar-refractivity contribution in [2.45, 2.75) is 12.5 Å². The minimum Gasteiger partial charge on any atom is -0.364 e. The van der Waals surface area contributed by atoms with Crippen molar-refractivity contribution in [3.63, 3.8) is 0 Å². The Balaban J connectivity index is 1.23. The van der Waals surface area contributed by atoms with Crippen LogP contribution in [0.5, 0.6) is 0 Å². The minimum absolute atomic E-state index is 0.0102. The van der Waals surface area contributed by atoms with Crippen LogP contribution in [0, 0.1) is 0 Å². The van der Waals surface area contributed by atoms with Crippen LogP contribution in [-0.2, 0) is 6.42 Å². The number of nitrogens with one attached hydrogen (secondary N) is 1. The number of benzene rings is 3. The number of nitrogens with zero attached hydrogens (tertiary/aromatic N) is 2. The Hall–Kier alpha value is -3.01. The van der Waals surface area contributed by atoms with Gasteiger partial charge in [-0.25, -0.2) is 4.79 Å². The molecule has 1 fully saturated rings. The smallest absolute Gasteiger partial charge is 0.321 e. The molecule has 4 nitrogen and oxygen atoms in total. The van der Waals surface area contributed by atoms with Gasteiger partial charge in [-0.2, -0.15) is 0 Å². The number of amides is 2. The zero-order valence-corrected chi connectivity index (χ0v) is 14.6. The van der Waals surface area contributed by atoms with Gasteiger partial charge in [-0.1, -0.05) is 48.5 Å². The second-order valence-corrected chi connectivity index (χ2v) is 7.12. The van der Waals surface area contributed by atoms with Crippen molar-refractivity contribution in [1.29, 1.82) is 0 Å². The Labute approximate surface area is 153 Å². The molecule has 2 heterocycles. The standard InChI is InChI=1S/C22H21N3O/c26-22(23-19-10-9-16-5-1-2-7-18(16)13-19)24-14-20(15-24)25-12-11-17-6-3-4-8-21(17)25/h1-10,13,20H,11-12,14-15H2,(H,23,26). The van der Waals surface area contributed by atoms with Gasteiger partial charge in [-0.15, -0.1) is 0 Å². The molecule has 4 heteroatoms. The lowest BCUT2D eigenvalue weighted by atomic mass is 10.1. The summed E-state index contributed by atoms with van der Waals surface area (Å²) in [6, 6.07) is 23.2. The van der Waals surface area contributed by atoms with E-state index >= 15 is 0 Å². The Morgan fingerprint density at radius 2 is 1.69 bits per heavy atom.